The van der Waals surface area contributed by atoms with Crippen LogP contribution in [-0.2, 0) is 11.2 Å². The van der Waals surface area contributed by atoms with Gasteiger partial charge in [0.25, 0.3) is 11.8 Å². The van der Waals surface area contributed by atoms with Crippen LogP contribution in [0.5, 0.6) is 5.88 Å². The summed E-state index contributed by atoms with van der Waals surface area (Å²) in [4.78, 5) is 45.5. The highest BCUT2D eigenvalue weighted by molar-refractivity contribution is 6.09. The summed E-state index contributed by atoms with van der Waals surface area (Å²) < 4.78 is 6.52. The van der Waals surface area contributed by atoms with Gasteiger partial charge in [0.1, 0.15) is 5.69 Å². The van der Waals surface area contributed by atoms with Crippen molar-refractivity contribution in [1.29, 1.82) is 0 Å². The van der Waals surface area contributed by atoms with Crippen LogP contribution in [0.3, 0.4) is 0 Å². The SMILES string of the molecule is COc1ccc(-n2nc(C(N)=O)c3c2C(=O)N(c2ccc(N4CCCCC4=O)cc2)CC3)cn1. The van der Waals surface area contributed by atoms with E-state index in [9.17, 15) is 14.4 Å². The Hall–Kier alpha value is -4.21. The molecule has 10 nitrogen and oxygen atoms in total. The number of amides is 3. The van der Waals surface area contributed by atoms with Crippen LogP contribution in [0.4, 0.5) is 11.4 Å². The van der Waals surface area contributed by atoms with E-state index in [0.717, 1.165) is 18.5 Å². The Labute approximate surface area is 195 Å². The zero-order valence-electron chi connectivity index (χ0n) is 18.7. The fraction of sp³-hybridized carbons (Fsp3) is 0.292. The first-order chi connectivity index (χ1) is 16.5. The van der Waals surface area contributed by atoms with Crippen LogP contribution in [0, 0.1) is 0 Å². The maximum absolute atomic E-state index is 13.6. The number of primary amides is 1. The molecule has 2 aliphatic rings. The third kappa shape index (κ3) is 3.66. The van der Waals surface area contributed by atoms with Crippen molar-refractivity contribution in [1.82, 2.24) is 14.8 Å². The lowest BCUT2D eigenvalue weighted by Gasteiger charge is -2.29. The molecule has 0 unspecified atom stereocenters. The van der Waals surface area contributed by atoms with Crippen molar-refractivity contribution in [2.45, 2.75) is 25.7 Å². The number of benzene rings is 1. The second-order valence-corrected chi connectivity index (χ2v) is 8.24. The predicted octanol–water partition coefficient (Wildman–Crippen LogP) is 2.09. The van der Waals surface area contributed by atoms with E-state index in [-0.39, 0.29) is 23.2 Å². The van der Waals surface area contributed by atoms with Crippen LogP contribution in [-0.4, -0.2) is 52.7 Å². The average molecular weight is 460 g/mol. The van der Waals surface area contributed by atoms with E-state index in [1.54, 1.807) is 21.9 Å². The van der Waals surface area contributed by atoms with Crippen LogP contribution >= 0.6 is 0 Å². The molecule has 0 aliphatic carbocycles. The Morgan fingerprint density at radius 1 is 0.941 bits per heavy atom. The van der Waals surface area contributed by atoms with E-state index < -0.39 is 5.91 Å². The monoisotopic (exact) mass is 460 g/mol. The largest absolute Gasteiger partial charge is 0.481 e. The second-order valence-electron chi connectivity index (χ2n) is 8.24. The number of fused-ring (bicyclic) bond motifs is 1. The first-order valence-corrected chi connectivity index (χ1v) is 11.1. The molecule has 4 heterocycles. The Morgan fingerprint density at radius 2 is 1.65 bits per heavy atom. The van der Waals surface area contributed by atoms with E-state index in [0.29, 0.717) is 48.7 Å². The van der Waals surface area contributed by atoms with Crippen LogP contribution in [0.2, 0.25) is 0 Å². The van der Waals surface area contributed by atoms with E-state index >= 15 is 0 Å². The standard InChI is InChI=1S/C24H24N6O4/c1-34-19-10-9-17(14-26-19)30-22-18(21(27-30)23(25)32)11-13-29(24(22)33)16-7-5-15(6-8-16)28-12-3-2-4-20(28)31/h5-10,14H,2-4,11-13H2,1H3,(H2,25,32). The average Bonchev–Trinajstić information content (AvgIpc) is 3.26. The molecule has 2 aromatic heterocycles. The number of pyridine rings is 1. The molecule has 2 N–H and O–H groups in total. The lowest BCUT2D eigenvalue weighted by Crippen LogP contribution is -2.39. The van der Waals surface area contributed by atoms with Gasteiger partial charge in [-0.05, 0) is 49.6 Å². The molecule has 0 spiro atoms. The summed E-state index contributed by atoms with van der Waals surface area (Å²) in [5, 5.41) is 4.35. The summed E-state index contributed by atoms with van der Waals surface area (Å²) in [6.45, 7) is 1.08. The van der Waals surface area contributed by atoms with Crippen LogP contribution < -0.4 is 20.3 Å². The second kappa shape index (κ2) is 8.62. The lowest BCUT2D eigenvalue weighted by atomic mass is 10.0. The van der Waals surface area contributed by atoms with Gasteiger partial charge in [0.2, 0.25) is 11.8 Å². The number of piperidine rings is 1. The highest BCUT2D eigenvalue weighted by Crippen LogP contribution is 2.30. The maximum atomic E-state index is 13.6. The van der Waals surface area contributed by atoms with Crippen molar-refractivity contribution in [2.24, 2.45) is 5.73 Å². The molecule has 1 aromatic carbocycles. The number of nitrogens with zero attached hydrogens (tertiary/aromatic N) is 5. The first kappa shape index (κ1) is 21.6. The molecular formula is C24H24N6O4. The van der Waals surface area contributed by atoms with E-state index in [1.165, 1.54) is 18.0 Å². The molecule has 2 aliphatic heterocycles. The Balaban J connectivity index is 1.49. The minimum atomic E-state index is -0.687. The zero-order valence-corrected chi connectivity index (χ0v) is 18.7. The minimum Gasteiger partial charge on any atom is -0.481 e. The zero-order chi connectivity index (χ0) is 23.8. The summed E-state index contributed by atoms with van der Waals surface area (Å²) in [5.41, 5.74) is 8.48. The fourth-order valence-corrected chi connectivity index (χ4v) is 4.50. The number of carbonyl (C=O) groups excluding carboxylic acids is 3. The summed E-state index contributed by atoms with van der Waals surface area (Å²) in [7, 11) is 1.51. The summed E-state index contributed by atoms with van der Waals surface area (Å²) >= 11 is 0. The predicted molar refractivity (Wildman–Crippen MR) is 124 cm³/mol. The highest BCUT2D eigenvalue weighted by Gasteiger charge is 2.34. The fourth-order valence-electron chi connectivity index (χ4n) is 4.50. The summed E-state index contributed by atoms with van der Waals surface area (Å²) in [5.74, 6) is -0.444. The minimum absolute atomic E-state index is 0.0813. The molecule has 3 aromatic rings. The highest BCUT2D eigenvalue weighted by atomic mass is 16.5. The Kier molecular flexibility index (Phi) is 5.48. The third-order valence-electron chi connectivity index (χ3n) is 6.22. The number of ether oxygens (including phenoxy) is 1. The van der Waals surface area contributed by atoms with Gasteiger partial charge in [0.05, 0.1) is 19.0 Å². The number of hydrogen-bond donors (Lipinski definition) is 1. The van der Waals surface area contributed by atoms with Gasteiger partial charge in [-0.2, -0.15) is 5.10 Å². The Morgan fingerprint density at radius 3 is 2.26 bits per heavy atom. The van der Waals surface area contributed by atoms with Crippen molar-refractivity contribution >= 4 is 29.1 Å². The molecule has 3 amide bonds. The molecule has 0 atom stereocenters. The molecular weight excluding hydrogens is 436 g/mol. The van der Waals surface area contributed by atoms with E-state index in [1.807, 2.05) is 24.3 Å². The molecule has 10 heteroatoms. The molecule has 34 heavy (non-hydrogen) atoms. The van der Waals surface area contributed by atoms with Crippen molar-refractivity contribution in [3.8, 4) is 11.6 Å². The number of hydrogen-bond acceptors (Lipinski definition) is 6. The molecule has 0 bridgehead atoms. The van der Waals surface area contributed by atoms with Crippen molar-refractivity contribution < 1.29 is 19.1 Å². The van der Waals surface area contributed by atoms with Crippen molar-refractivity contribution in [2.75, 3.05) is 30.0 Å². The van der Waals surface area contributed by atoms with Gasteiger partial charge in [0, 0.05) is 42.5 Å². The topological polar surface area (TPSA) is 124 Å². The molecule has 5 rings (SSSR count). The quantitative estimate of drug-likeness (QED) is 0.622. The number of aromatic nitrogens is 3. The van der Waals surface area contributed by atoms with Gasteiger partial charge in [-0.25, -0.2) is 9.67 Å². The number of methoxy groups -OCH3 is 1. The van der Waals surface area contributed by atoms with Crippen LogP contribution in [0.15, 0.2) is 42.6 Å². The van der Waals surface area contributed by atoms with Gasteiger partial charge in [-0.15, -0.1) is 0 Å². The summed E-state index contributed by atoms with van der Waals surface area (Å²) in [6, 6.07) is 10.8. The summed E-state index contributed by atoms with van der Waals surface area (Å²) in [6.07, 6.45) is 4.40. The van der Waals surface area contributed by atoms with Gasteiger partial charge in [0.15, 0.2) is 5.69 Å². The number of carbonyl (C=O) groups is 3. The Bertz CT molecular complexity index is 1270. The van der Waals surface area contributed by atoms with E-state index in [2.05, 4.69) is 10.1 Å². The molecule has 1 saturated heterocycles. The smallest absolute Gasteiger partial charge is 0.277 e. The van der Waals surface area contributed by atoms with Gasteiger partial charge in [-0.3, -0.25) is 14.4 Å². The van der Waals surface area contributed by atoms with Crippen LogP contribution in [0.1, 0.15) is 45.8 Å². The van der Waals surface area contributed by atoms with Crippen molar-refractivity contribution in [3.05, 3.63) is 59.5 Å². The first-order valence-electron chi connectivity index (χ1n) is 11.1. The van der Waals surface area contributed by atoms with Gasteiger partial charge >= 0.3 is 0 Å². The normalized spacial score (nSPS) is 15.9. The molecule has 0 radical (unpaired) electrons. The number of rotatable bonds is 5. The van der Waals surface area contributed by atoms with E-state index in [4.69, 9.17) is 10.5 Å². The number of nitrogens with two attached hydrogens (primary N) is 1. The van der Waals surface area contributed by atoms with Gasteiger partial charge in [-0.1, -0.05) is 0 Å². The van der Waals surface area contributed by atoms with Crippen LogP contribution in [0.25, 0.3) is 5.69 Å². The molecule has 174 valence electrons. The molecule has 0 saturated carbocycles. The number of anilines is 2. The van der Waals surface area contributed by atoms with Crippen molar-refractivity contribution in [3.63, 3.8) is 0 Å². The lowest BCUT2D eigenvalue weighted by molar-refractivity contribution is -0.119. The maximum Gasteiger partial charge on any atom is 0.277 e. The van der Waals surface area contributed by atoms with Gasteiger partial charge < -0.3 is 20.3 Å². The third-order valence-corrected chi connectivity index (χ3v) is 6.22. The molecule has 1 fully saturated rings.